The fourth-order valence-electron chi connectivity index (χ4n) is 4.07. The second-order valence-electron chi connectivity index (χ2n) is 8.93. The minimum Gasteiger partial charge on any atom is -0.386 e. The Morgan fingerprint density at radius 2 is 1.79 bits per heavy atom. The van der Waals surface area contributed by atoms with Crippen LogP contribution in [0.15, 0.2) is 48.5 Å². The van der Waals surface area contributed by atoms with Crippen molar-refractivity contribution < 1.29 is 37.1 Å². The summed E-state index contributed by atoms with van der Waals surface area (Å²) in [6.45, 7) is 3.24. The normalized spacial score (nSPS) is 15.2. The maximum atomic E-state index is 13.9. The van der Waals surface area contributed by atoms with Crippen LogP contribution in [-0.4, -0.2) is 59.2 Å². The summed E-state index contributed by atoms with van der Waals surface area (Å²) in [6.07, 6.45) is -6.18. The Morgan fingerprint density at radius 1 is 1.13 bits per heavy atom. The van der Waals surface area contributed by atoms with Crippen molar-refractivity contribution in [3.05, 3.63) is 65.2 Å². The standard InChI is InChI=1S/C27H26F3N3O5S/c1-16(2)33-21-11-9-17(8-10-19(39)14-31)12-20(21)25(36)32(15-23(33)34)22(18-6-4-3-5-7-18)13-24(35)38-26(37)27(28,29)30/h3-7,9,11-12,16,19,22,39H,13-15,31H2,1-2H3. The Kier molecular flexibility index (Phi) is 9.42. The number of thiol groups is 1. The smallest absolute Gasteiger partial charge is 0.386 e. The molecule has 0 fully saturated rings. The molecule has 0 aromatic heterocycles. The summed E-state index contributed by atoms with van der Waals surface area (Å²) in [6, 6.07) is 11.1. The third-order valence-corrected chi connectivity index (χ3v) is 6.14. The number of carbonyl (C=O) groups is 4. The number of ether oxygens (including phenoxy) is 1. The largest absolute Gasteiger partial charge is 0.491 e. The van der Waals surface area contributed by atoms with Crippen molar-refractivity contribution in [2.45, 2.75) is 43.8 Å². The van der Waals surface area contributed by atoms with Crippen LogP contribution in [0, 0.1) is 11.8 Å². The predicted molar refractivity (Wildman–Crippen MR) is 140 cm³/mol. The number of amides is 2. The topological polar surface area (TPSA) is 110 Å². The fraction of sp³-hybridized carbons (Fsp3) is 0.333. The van der Waals surface area contributed by atoms with Crippen LogP contribution in [0.4, 0.5) is 18.9 Å². The van der Waals surface area contributed by atoms with Gasteiger partial charge in [-0.3, -0.25) is 14.4 Å². The first kappa shape index (κ1) is 29.7. The van der Waals surface area contributed by atoms with Crippen LogP contribution < -0.4 is 10.6 Å². The van der Waals surface area contributed by atoms with E-state index in [1.54, 1.807) is 56.3 Å². The Morgan fingerprint density at radius 3 is 2.38 bits per heavy atom. The van der Waals surface area contributed by atoms with Crippen LogP contribution in [0.3, 0.4) is 0 Å². The van der Waals surface area contributed by atoms with Gasteiger partial charge in [0, 0.05) is 18.2 Å². The van der Waals surface area contributed by atoms with Gasteiger partial charge in [0.25, 0.3) is 5.91 Å². The molecule has 3 rings (SSSR count). The first-order chi connectivity index (χ1) is 18.3. The number of benzene rings is 2. The number of hydrogen-bond donors (Lipinski definition) is 2. The molecular formula is C27H26F3N3O5S. The highest BCUT2D eigenvalue weighted by Gasteiger charge is 2.43. The molecule has 2 aromatic rings. The summed E-state index contributed by atoms with van der Waals surface area (Å²) in [5.41, 5.74) is 6.77. The van der Waals surface area contributed by atoms with Crippen molar-refractivity contribution in [3.8, 4) is 11.8 Å². The van der Waals surface area contributed by atoms with E-state index < -0.39 is 54.2 Å². The van der Waals surface area contributed by atoms with Gasteiger partial charge >= 0.3 is 18.1 Å². The number of anilines is 1. The highest BCUT2D eigenvalue weighted by molar-refractivity contribution is 7.81. The molecule has 0 radical (unpaired) electrons. The average molecular weight is 562 g/mol. The summed E-state index contributed by atoms with van der Waals surface area (Å²) in [5, 5.41) is -0.405. The quantitative estimate of drug-likeness (QED) is 0.243. The number of carbonyl (C=O) groups excluding carboxylic acids is 4. The third kappa shape index (κ3) is 7.19. The van der Waals surface area contributed by atoms with Crippen LogP contribution in [0.1, 0.15) is 47.8 Å². The molecule has 0 bridgehead atoms. The Bertz CT molecular complexity index is 1320. The number of esters is 2. The lowest BCUT2D eigenvalue weighted by atomic mass is 10.00. The van der Waals surface area contributed by atoms with Crippen molar-refractivity contribution in [2.24, 2.45) is 5.73 Å². The van der Waals surface area contributed by atoms with Crippen molar-refractivity contribution in [1.29, 1.82) is 0 Å². The Labute approximate surface area is 228 Å². The minimum absolute atomic E-state index is 0.102. The summed E-state index contributed by atoms with van der Waals surface area (Å²) < 4.78 is 42.0. The average Bonchev–Trinajstić information content (AvgIpc) is 2.99. The summed E-state index contributed by atoms with van der Waals surface area (Å²) in [4.78, 5) is 53.6. The number of nitrogens with zero attached hydrogens (tertiary/aromatic N) is 2. The number of rotatable bonds is 6. The second kappa shape index (κ2) is 12.4. The van der Waals surface area contributed by atoms with Gasteiger partial charge in [0.05, 0.1) is 29.0 Å². The number of nitrogens with two attached hydrogens (primary N) is 1. The number of hydrogen-bond acceptors (Lipinski definition) is 7. The molecule has 2 amide bonds. The molecule has 39 heavy (non-hydrogen) atoms. The first-order valence-corrected chi connectivity index (χ1v) is 12.4. The van der Waals surface area contributed by atoms with Gasteiger partial charge in [-0.2, -0.15) is 25.8 Å². The van der Waals surface area contributed by atoms with E-state index >= 15 is 0 Å². The Hall–Kier alpha value is -3.82. The molecule has 1 aliphatic heterocycles. The van der Waals surface area contributed by atoms with Gasteiger partial charge in [-0.05, 0) is 37.6 Å². The van der Waals surface area contributed by atoms with Gasteiger partial charge in [-0.15, -0.1) is 0 Å². The maximum Gasteiger partial charge on any atom is 0.491 e. The zero-order chi connectivity index (χ0) is 28.9. The molecule has 2 N–H and O–H groups in total. The molecule has 2 atom stereocenters. The minimum atomic E-state index is -5.38. The van der Waals surface area contributed by atoms with Crippen molar-refractivity contribution in [2.75, 3.05) is 18.0 Å². The molecule has 0 spiro atoms. The van der Waals surface area contributed by atoms with Crippen molar-refractivity contribution in [1.82, 2.24) is 4.90 Å². The van der Waals surface area contributed by atoms with Crippen LogP contribution in [0.25, 0.3) is 0 Å². The zero-order valence-electron chi connectivity index (χ0n) is 21.1. The van der Waals surface area contributed by atoms with Crippen molar-refractivity contribution >= 4 is 42.1 Å². The molecule has 2 aromatic carbocycles. The molecule has 12 heteroatoms. The molecular weight excluding hydrogens is 535 g/mol. The van der Waals surface area contributed by atoms with Gasteiger partial charge in [0.15, 0.2) is 0 Å². The fourth-order valence-corrected chi connectivity index (χ4v) is 4.13. The SMILES string of the molecule is CC(C)N1C(=O)CN(C(CC(=O)OC(=O)C(F)(F)F)c2ccccc2)C(=O)c2cc(C#CC(S)CN)ccc21. The molecule has 2 unspecified atom stereocenters. The van der Waals surface area contributed by atoms with Crippen LogP contribution in [0.5, 0.6) is 0 Å². The van der Waals surface area contributed by atoms with E-state index in [1.807, 2.05) is 0 Å². The van der Waals surface area contributed by atoms with Crippen molar-refractivity contribution in [3.63, 3.8) is 0 Å². The predicted octanol–water partition coefficient (Wildman–Crippen LogP) is 3.26. The van der Waals surface area contributed by atoms with Gasteiger partial charge in [0.2, 0.25) is 5.91 Å². The van der Waals surface area contributed by atoms with Crippen LogP contribution in [0.2, 0.25) is 0 Å². The van der Waals surface area contributed by atoms with E-state index in [1.165, 1.54) is 11.0 Å². The zero-order valence-corrected chi connectivity index (χ0v) is 22.0. The Balaban J connectivity index is 2.10. The lowest BCUT2D eigenvalue weighted by Crippen LogP contribution is -2.44. The number of alkyl halides is 3. The van der Waals surface area contributed by atoms with Gasteiger partial charge in [0.1, 0.15) is 6.54 Å². The van der Waals surface area contributed by atoms with E-state index in [9.17, 15) is 32.3 Å². The molecule has 0 aliphatic carbocycles. The number of halogens is 3. The molecule has 8 nitrogen and oxygen atoms in total. The monoisotopic (exact) mass is 561 g/mol. The third-order valence-electron chi connectivity index (χ3n) is 5.80. The van der Waals surface area contributed by atoms with E-state index in [4.69, 9.17) is 5.73 Å². The molecule has 0 saturated heterocycles. The van der Waals surface area contributed by atoms with Gasteiger partial charge in [-0.1, -0.05) is 42.2 Å². The van der Waals surface area contributed by atoms with E-state index in [0.29, 0.717) is 16.8 Å². The maximum absolute atomic E-state index is 13.9. The van der Waals surface area contributed by atoms with Crippen LogP contribution >= 0.6 is 12.6 Å². The van der Waals surface area contributed by atoms with E-state index in [-0.39, 0.29) is 18.2 Å². The lowest BCUT2D eigenvalue weighted by Gasteiger charge is -2.30. The highest BCUT2D eigenvalue weighted by Crippen LogP contribution is 2.34. The molecule has 206 valence electrons. The molecule has 1 heterocycles. The van der Waals surface area contributed by atoms with Crippen LogP contribution in [-0.2, 0) is 19.1 Å². The summed E-state index contributed by atoms with van der Waals surface area (Å²) in [7, 11) is 0. The first-order valence-electron chi connectivity index (χ1n) is 11.9. The lowest BCUT2D eigenvalue weighted by molar-refractivity contribution is -0.202. The second-order valence-corrected chi connectivity index (χ2v) is 9.56. The van der Waals surface area contributed by atoms with Gasteiger partial charge < -0.3 is 20.3 Å². The van der Waals surface area contributed by atoms with E-state index in [0.717, 1.165) is 4.90 Å². The van der Waals surface area contributed by atoms with Gasteiger partial charge in [-0.25, -0.2) is 4.79 Å². The summed E-state index contributed by atoms with van der Waals surface area (Å²) in [5.74, 6) is 0.425. The number of fused-ring (bicyclic) bond motifs is 1. The molecule has 1 aliphatic rings. The molecule has 0 saturated carbocycles. The highest BCUT2D eigenvalue weighted by atomic mass is 32.1. The summed E-state index contributed by atoms with van der Waals surface area (Å²) >= 11 is 4.24. The van der Waals surface area contributed by atoms with E-state index in [2.05, 4.69) is 29.2 Å².